The maximum absolute atomic E-state index is 11.9. The second-order valence-electron chi connectivity index (χ2n) is 7.25. The molecule has 0 fully saturated rings. The molecule has 0 saturated carbocycles. The Morgan fingerprint density at radius 3 is 2.20 bits per heavy atom. The molecule has 0 radical (unpaired) electrons. The van der Waals surface area contributed by atoms with Crippen molar-refractivity contribution in [2.45, 2.75) is 83.2 Å². The number of ether oxygens (including phenoxy) is 2. The largest absolute Gasteiger partial charge is 0.467 e. The fourth-order valence-corrected chi connectivity index (χ4v) is 3.53. The number of carbonyl (C=O) groups is 3. The highest BCUT2D eigenvalue weighted by Gasteiger charge is 2.23. The van der Waals surface area contributed by atoms with E-state index in [9.17, 15) is 14.4 Å². The van der Waals surface area contributed by atoms with E-state index < -0.39 is 30.6 Å². The highest BCUT2D eigenvalue weighted by Crippen LogP contribution is 2.11. The molecule has 0 bridgehead atoms. The number of hydrogen-bond acceptors (Lipinski definition) is 8. The first-order chi connectivity index (χ1) is 14.5. The molecule has 30 heavy (non-hydrogen) atoms. The van der Waals surface area contributed by atoms with Crippen LogP contribution in [0.4, 0.5) is 0 Å². The van der Waals surface area contributed by atoms with E-state index in [4.69, 9.17) is 15.6 Å². The molecule has 2 atom stereocenters. The van der Waals surface area contributed by atoms with E-state index in [1.54, 1.807) is 0 Å². The number of nitrogens with two attached hydrogens (primary N) is 1. The van der Waals surface area contributed by atoms with Gasteiger partial charge in [0.05, 0.1) is 19.8 Å². The predicted octanol–water partition coefficient (Wildman–Crippen LogP) is 2.16. The molecule has 0 aliphatic rings. The van der Waals surface area contributed by atoms with E-state index in [0.29, 0.717) is 17.9 Å². The first-order valence-electron chi connectivity index (χ1n) is 10.9. The Morgan fingerprint density at radius 2 is 1.63 bits per heavy atom. The summed E-state index contributed by atoms with van der Waals surface area (Å²) in [5.41, 5.74) is 5.77. The smallest absolute Gasteiger partial charge is 0.330 e. The van der Waals surface area contributed by atoms with Crippen LogP contribution >= 0.6 is 11.8 Å². The zero-order valence-electron chi connectivity index (χ0n) is 18.5. The van der Waals surface area contributed by atoms with Crippen molar-refractivity contribution < 1.29 is 29.0 Å². The molecule has 2 unspecified atom stereocenters. The topological polar surface area (TPSA) is 128 Å². The molecule has 1 amide bonds. The van der Waals surface area contributed by atoms with Crippen molar-refractivity contribution in [1.29, 1.82) is 0 Å². The Kier molecular flexibility index (Phi) is 18.8. The van der Waals surface area contributed by atoms with E-state index in [2.05, 4.69) is 17.0 Å². The van der Waals surface area contributed by atoms with Crippen LogP contribution in [0.25, 0.3) is 0 Å². The normalized spacial score (nSPS) is 12.8. The van der Waals surface area contributed by atoms with E-state index in [-0.39, 0.29) is 12.6 Å². The molecule has 0 heterocycles. The average Bonchev–Trinajstić information content (AvgIpc) is 2.75. The van der Waals surface area contributed by atoms with Crippen molar-refractivity contribution in [3.63, 3.8) is 0 Å². The quantitative estimate of drug-likeness (QED) is 0.203. The maximum atomic E-state index is 11.9. The Morgan fingerprint density at radius 1 is 1.03 bits per heavy atom. The van der Waals surface area contributed by atoms with Gasteiger partial charge in [-0.15, -0.1) is 0 Å². The Balaban J connectivity index is 3.65. The number of nitrogens with one attached hydrogen (secondary N) is 1. The molecule has 0 aliphatic carbocycles. The van der Waals surface area contributed by atoms with Crippen molar-refractivity contribution >= 4 is 29.6 Å². The molecular weight excluding hydrogens is 408 g/mol. The van der Waals surface area contributed by atoms with Crippen molar-refractivity contribution in [3.8, 4) is 0 Å². The van der Waals surface area contributed by atoms with E-state index in [1.165, 1.54) is 63.8 Å². The number of unbranched alkanes of at least 4 members (excludes halogenated alkanes) is 8. The fourth-order valence-electron chi connectivity index (χ4n) is 2.75. The minimum absolute atomic E-state index is 0.190. The molecule has 0 saturated heterocycles. The first-order valence-corrected chi connectivity index (χ1v) is 12.1. The minimum atomic E-state index is -1.12. The highest BCUT2D eigenvalue weighted by molar-refractivity contribution is 7.99. The van der Waals surface area contributed by atoms with Crippen molar-refractivity contribution in [3.05, 3.63) is 0 Å². The number of methoxy groups -OCH3 is 1. The molecule has 0 aromatic carbocycles. The molecule has 0 aromatic heterocycles. The van der Waals surface area contributed by atoms with Gasteiger partial charge in [-0.05, 0) is 6.42 Å². The zero-order valence-corrected chi connectivity index (χ0v) is 19.3. The van der Waals surface area contributed by atoms with Gasteiger partial charge in [0.25, 0.3) is 0 Å². The lowest BCUT2D eigenvalue weighted by molar-refractivity contribution is -0.146. The Labute approximate surface area is 185 Å². The van der Waals surface area contributed by atoms with Crippen LogP contribution in [-0.4, -0.2) is 66.9 Å². The van der Waals surface area contributed by atoms with Gasteiger partial charge in [-0.2, -0.15) is 11.8 Å². The zero-order chi connectivity index (χ0) is 22.6. The van der Waals surface area contributed by atoms with Gasteiger partial charge in [0.15, 0.2) is 6.04 Å². The number of thioether (sulfide) groups is 1. The second-order valence-corrected chi connectivity index (χ2v) is 8.40. The highest BCUT2D eigenvalue weighted by atomic mass is 32.2. The van der Waals surface area contributed by atoms with Crippen molar-refractivity contribution in [1.82, 2.24) is 5.32 Å². The molecule has 0 aliphatic heterocycles. The maximum Gasteiger partial charge on any atom is 0.330 e. The van der Waals surface area contributed by atoms with Crippen LogP contribution in [0, 0.1) is 0 Å². The van der Waals surface area contributed by atoms with Gasteiger partial charge in [-0.3, -0.25) is 9.59 Å². The van der Waals surface area contributed by atoms with E-state index in [0.717, 1.165) is 12.8 Å². The van der Waals surface area contributed by atoms with Crippen LogP contribution in [-0.2, 0) is 23.9 Å². The van der Waals surface area contributed by atoms with Gasteiger partial charge >= 0.3 is 11.9 Å². The second kappa shape index (κ2) is 19.6. The average molecular weight is 449 g/mol. The number of aliphatic hydroxyl groups excluding tert-OH is 1. The van der Waals surface area contributed by atoms with Crippen LogP contribution in [0.5, 0.6) is 0 Å². The first kappa shape index (κ1) is 28.7. The summed E-state index contributed by atoms with van der Waals surface area (Å²) in [6.07, 6.45) is 11.3. The van der Waals surface area contributed by atoms with Crippen molar-refractivity contribution in [2.24, 2.45) is 5.73 Å². The third kappa shape index (κ3) is 15.5. The van der Waals surface area contributed by atoms with Gasteiger partial charge in [0.2, 0.25) is 5.91 Å². The molecule has 8 nitrogen and oxygen atoms in total. The molecule has 0 aromatic rings. The lowest BCUT2D eigenvalue weighted by Gasteiger charge is -2.17. The van der Waals surface area contributed by atoms with Gasteiger partial charge in [-0.25, -0.2) is 4.79 Å². The molecule has 0 rings (SSSR count). The number of amides is 1. The van der Waals surface area contributed by atoms with Gasteiger partial charge in [-0.1, -0.05) is 58.3 Å². The van der Waals surface area contributed by atoms with Gasteiger partial charge in [0.1, 0.15) is 6.61 Å². The number of aliphatic hydroxyl groups is 1. The summed E-state index contributed by atoms with van der Waals surface area (Å²) in [5, 5.41) is 11.4. The van der Waals surface area contributed by atoms with Crippen LogP contribution in [0.15, 0.2) is 0 Å². The lowest BCUT2D eigenvalue weighted by atomic mass is 10.1. The standard InChI is InChI=1S/C21H40N2O6S/c1-3-4-5-6-7-8-9-10-11-12-19(25)29-13-14-30-16-17(22)20(26)23-18(15-24)21(27)28-2/h17-18,24H,3-16,22H2,1-2H3,(H,23,26). The summed E-state index contributed by atoms with van der Waals surface area (Å²) < 4.78 is 9.67. The summed E-state index contributed by atoms with van der Waals surface area (Å²) in [6.45, 7) is 1.93. The number of rotatable bonds is 19. The van der Waals surface area contributed by atoms with Crippen molar-refractivity contribution in [2.75, 3.05) is 31.8 Å². The van der Waals surface area contributed by atoms with Crippen LogP contribution in [0.3, 0.4) is 0 Å². The van der Waals surface area contributed by atoms with Gasteiger partial charge in [0, 0.05) is 17.9 Å². The summed E-state index contributed by atoms with van der Waals surface area (Å²) in [4.78, 5) is 35.0. The predicted molar refractivity (Wildman–Crippen MR) is 119 cm³/mol. The number of esters is 2. The molecule has 0 spiro atoms. The number of hydrogen-bond donors (Lipinski definition) is 3. The Bertz CT molecular complexity index is 478. The summed E-state index contributed by atoms with van der Waals surface area (Å²) in [7, 11) is 1.17. The summed E-state index contributed by atoms with van der Waals surface area (Å²) in [6, 6.07) is -1.97. The van der Waals surface area contributed by atoms with Crippen LogP contribution in [0.1, 0.15) is 71.1 Å². The minimum Gasteiger partial charge on any atom is -0.467 e. The Hall–Kier alpha value is -1.32. The van der Waals surface area contributed by atoms with E-state index in [1.807, 2.05) is 0 Å². The van der Waals surface area contributed by atoms with Crippen LogP contribution < -0.4 is 11.1 Å². The third-order valence-electron chi connectivity index (χ3n) is 4.59. The number of carbonyl (C=O) groups excluding carboxylic acids is 3. The molecular formula is C21H40N2O6S. The monoisotopic (exact) mass is 448 g/mol. The van der Waals surface area contributed by atoms with E-state index >= 15 is 0 Å². The molecule has 176 valence electrons. The molecule has 4 N–H and O–H groups in total. The third-order valence-corrected chi connectivity index (χ3v) is 5.64. The summed E-state index contributed by atoms with van der Waals surface area (Å²) >= 11 is 1.38. The van der Waals surface area contributed by atoms with Gasteiger partial charge < -0.3 is 25.6 Å². The summed E-state index contributed by atoms with van der Waals surface area (Å²) in [5.74, 6) is -0.630. The molecule has 9 heteroatoms. The fraction of sp³-hybridized carbons (Fsp3) is 0.857. The SMILES string of the molecule is CCCCCCCCCCCC(=O)OCCSCC(N)C(=O)NC(CO)C(=O)OC. The lowest BCUT2D eigenvalue weighted by Crippen LogP contribution is -2.51. The van der Waals surface area contributed by atoms with Crippen LogP contribution in [0.2, 0.25) is 0 Å².